The minimum absolute atomic E-state index is 0.0257. The van der Waals surface area contributed by atoms with Crippen LogP contribution in [0.2, 0.25) is 5.02 Å². The maximum Gasteiger partial charge on any atom is 0.326 e. The van der Waals surface area contributed by atoms with Crippen molar-refractivity contribution in [1.29, 1.82) is 0 Å². The number of carboxylic acid groups (broad SMARTS) is 1. The third-order valence-corrected chi connectivity index (χ3v) is 3.25. The molecule has 1 aromatic carbocycles. The van der Waals surface area contributed by atoms with Crippen molar-refractivity contribution in [1.82, 2.24) is 5.32 Å². The molecule has 1 aromatic rings. The molecule has 0 aliphatic heterocycles. The van der Waals surface area contributed by atoms with Gasteiger partial charge < -0.3 is 10.4 Å². The normalized spacial score (nSPS) is 12.0. The molecule has 2 N–H and O–H groups in total. The third-order valence-electron chi connectivity index (χ3n) is 2.99. The monoisotopic (exact) mass is 311 g/mol. The minimum atomic E-state index is -1.08. The van der Waals surface area contributed by atoms with Crippen LogP contribution in [0.5, 0.6) is 0 Å². The van der Waals surface area contributed by atoms with E-state index in [1.54, 1.807) is 38.1 Å². The molecule has 0 spiro atoms. The summed E-state index contributed by atoms with van der Waals surface area (Å²) in [6.45, 7) is 3.41. The number of hydrogen-bond acceptors (Lipinski definition) is 3. The summed E-state index contributed by atoms with van der Waals surface area (Å²) in [5.41, 5.74) is 0.478. The van der Waals surface area contributed by atoms with E-state index in [-0.39, 0.29) is 24.5 Å². The van der Waals surface area contributed by atoms with Crippen molar-refractivity contribution in [2.75, 3.05) is 0 Å². The SMILES string of the molecule is CC(C)[C@H](NC(=O)CCC(=O)c1ccc(Cl)cc1)C(=O)O. The van der Waals surface area contributed by atoms with Crippen LogP contribution in [0, 0.1) is 5.92 Å². The molecular weight excluding hydrogens is 294 g/mol. The van der Waals surface area contributed by atoms with Gasteiger partial charge in [-0.2, -0.15) is 0 Å². The quantitative estimate of drug-likeness (QED) is 0.758. The van der Waals surface area contributed by atoms with E-state index in [9.17, 15) is 14.4 Å². The molecule has 21 heavy (non-hydrogen) atoms. The van der Waals surface area contributed by atoms with Crippen LogP contribution >= 0.6 is 11.6 Å². The molecule has 114 valence electrons. The van der Waals surface area contributed by atoms with E-state index in [4.69, 9.17) is 16.7 Å². The predicted molar refractivity (Wildman–Crippen MR) is 79.4 cm³/mol. The average molecular weight is 312 g/mol. The molecule has 0 aliphatic carbocycles. The second-order valence-corrected chi connectivity index (χ2v) is 5.49. The first kappa shape index (κ1) is 17.2. The molecule has 1 atom stereocenters. The Morgan fingerprint density at radius 1 is 1.14 bits per heavy atom. The van der Waals surface area contributed by atoms with E-state index >= 15 is 0 Å². The van der Waals surface area contributed by atoms with Gasteiger partial charge in [0.05, 0.1) is 0 Å². The van der Waals surface area contributed by atoms with Gasteiger partial charge in [-0.3, -0.25) is 9.59 Å². The first-order valence-electron chi connectivity index (χ1n) is 6.62. The first-order valence-corrected chi connectivity index (χ1v) is 7.00. The fourth-order valence-corrected chi connectivity index (χ4v) is 1.89. The van der Waals surface area contributed by atoms with Crippen LogP contribution in [-0.4, -0.2) is 28.8 Å². The van der Waals surface area contributed by atoms with E-state index in [0.717, 1.165) is 0 Å². The highest BCUT2D eigenvalue weighted by Gasteiger charge is 2.23. The zero-order chi connectivity index (χ0) is 16.0. The van der Waals surface area contributed by atoms with Crippen molar-refractivity contribution >= 4 is 29.3 Å². The van der Waals surface area contributed by atoms with Crippen LogP contribution in [0.15, 0.2) is 24.3 Å². The zero-order valence-electron chi connectivity index (χ0n) is 11.9. The molecule has 0 radical (unpaired) electrons. The molecule has 0 heterocycles. The molecule has 0 bridgehead atoms. The Hall–Kier alpha value is -1.88. The van der Waals surface area contributed by atoms with Gasteiger partial charge in [-0.1, -0.05) is 25.4 Å². The summed E-state index contributed by atoms with van der Waals surface area (Å²) < 4.78 is 0. The molecule has 0 aromatic heterocycles. The molecule has 1 rings (SSSR count). The Morgan fingerprint density at radius 3 is 2.19 bits per heavy atom. The molecule has 0 saturated carbocycles. The smallest absolute Gasteiger partial charge is 0.326 e. The van der Waals surface area contributed by atoms with E-state index in [0.29, 0.717) is 10.6 Å². The first-order chi connectivity index (χ1) is 9.81. The summed E-state index contributed by atoms with van der Waals surface area (Å²) in [4.78, 5) is 34.6. The molecule has 1 amide bonds. The van der Waals surface area contributed by atoms with Crippen LogP contribution in [-0.2, 0) is 9.59 Å². The highest BCUT2D eigenvalue weighted by Crippen LogP contribution is 2.12. The maximum atomic E-state index is 11.9. The van der Waals surface area contributed by atoms with Crippen LogP contribution < -0.4 is 5.32 Å². The molecule has 0 unspecified atom stereocenters. The Bertz CT molecular complexity index is 525. The summed E-state index contributed by atoms with van der Waals surface area (Å²) in [7, 11) is 0. The molecule has 0 saturated heterocycles. The van der Waals surface area contributed by atoms with Gasteiger partial charge in [-0.25, -0.2) is 4.79 Å². The molecule has 0 fully saturated rings. The van der Waals surface area contributed by atoms with Gasteiger partial charge in [-0.15, -0.1) is 0 Å². The van der Waals surface area contributed by atoms with Gasteiger partial charge in [0.15, 0.2) is 5.78 Å². The number of carboxylic acids is 1. The van der Waals surface area contributed by atoms with Gasteiger partial charge in [-0.05, 0) is 30.2 Å². The van der Waals surface area contributed by atoms with Gasteiger partial charge in [0.2, 0.25) is 5.91 Å². The van der Waals surface area contributed by atoms with Crippen molar-refractivity contribution in [2.24, 2.45) is 5.92 Å². The van der Waals surface area contributed by atoms with Crippen LogP contribution in [0.4, 0.5) is 0 Å². The van der Waals surface area contributed by atoms with Crippen LogP contribution in [0.3, 0.4) is 0 Å². The summed E-state index contributed by atoms with van der Waals surface area (Å²) in [6.07, 6.45) is -0.0180. The number of carbonyl (C=O) groups is 3. The second kappa shape index (κ2) is 7.78. The largest absolute Gasteiger partial charge is 0.480 e. The fraction of sp³-hybridized carbons (Fsp3) is 0.400. The van der Waals surface area contributed by atoms with Crippen molar-refractivity contribution < 1.29 is 19.5 Å². The predicted octanol–water partition coefficient (Wildman–Crippen LogP) is 2.53. The number of amides is 1. The van der Waals surface area contributed by atoms with Crippen molar-refractivity contribution in [3.8, 4) is 0 Å². The number of hydrogen-bond donors (Lipinski definition) is 2. The zero-order valence-corrected chi connectivity index (χ0v) is 12.7. The summed E-state index contributed by atoms with van der Waals surface area (Å²) >= 11 is 5.73. The van der Waals surface area contributed by atoms with Crippen LogP contribution in [0.25, 0.3) is 0 Å². The average Bonchev–Trinajstić information content (AvgIpc) is 2.42. The van der Waals surface area contributed by atoms with Crippen LogP contribution in [0.1, 0.15) is 37.0 Å². The second-order valence-electron chi connectivity index (χ2n) is 5.06. The van der Waals surface area contributed by atoms with Crippen molar-refractivity contribution in [2.45, 2.75) is 32.7 Å². The number of carbonyl (C=O) groups excluding carboxylic acids is 2. The van der Waals surface area contributed by atoms with Crippen molar-refractivity contribution in [3.05, 3.63) is 34.9 Å². The summed E-state index contributed by atoms with van der Waals surface area (Å²) in [5.74, 6) is -1.93. The fourth-order valence-electron chi connectivity index (χ4n) is 1.77. The maximum absolute atomic E-state index is 11.9. The Balaban J connectivity index is 2.51. The lowest BCUT2D eigenvalue weighted by atomic mass is 10.0. The Labute approximate surface area is 128 Å². The van der Waals surface area contributed by atoms with E-state index in [1.807, 2.05) is 0 Å². The Kier molecular flexibility index (Phi) is 6.37. The van der Waals surface area contributed by atoms with Gasteiger partial charge >= 0.3 is 5.97 Å². The highest BCUT2D eigenvalue weighted by atomic mass is 35.5. The summed E-state index contributed by atoms with van der Waals surface area (Å²) in [6, 6.07) is 5.46. The lowest BCUT2D eigenvalue weighted by Gasteiger charge is -2.17. The molecule has 0 aliphatic rings. The molecule has 5 nitrogen and oxygen atoms in total. The number of ketones is 1. The van der Waals surface area contributed by atoms with E-state index < -0.39 is 17.9 Å². The van der Waals surface area contributed by atoms with Crippen molar-refractivity contribution in [3.63, 3.8) is 0 Å². The number of benzene rings is 1. The standard InChI is InChI=1S/C15H18ClNO4/c1-9(2)14(15(20)21)17-13(19)8-7-12(18)10-3-5-11(16)6-4-10/h3-6,9,14H,7-8H2,1-2H3,(H,17,19)(H,20,21)/t14-/m0/s1. The summed E-state index contributed by atoms with van der Waals surface area (Å²) in [5, 5.41) is 11.9. The number of nitrogens with one attached hydrogen (secondary N) is 1. The lowest BCUT2D eigenvalue weighted by Crippen LogP contribution is -2.44. The lowest BCUT2D eigenvalue weighted by molar-refractivity contribution is -0.143. The van der Waals surface area contributed by atoms with Gasteiger partial charge in [0, 0.05) is 23.4 Å². The minimum Gasteiger partial charge on any atom is -0.480 e. The topological polar surface area (TPSA) is 83.5 Å². The van der Waals surface area contributed by atoms with E-state index in [2.05, 4.69) is 5.32 Å². The number of Topliss-reactive ketones (excluding diaryl/α,β-unsaturated/α-hetero) is 1. The third kappa shape index (κ3) is 5.55. The van der Waals surface area contributed by atoms with E-state index in [1.165, 1.54) is 0 Å². The molecule has 6 heteroatoms. The number of aliphatic carboxylic acids is 1. The van der Waals surface area contributed by atoms with Gasteiger partial charge in [0.25, 0.3) is 0 Å². The highest BCUT2D eigenvalue weighted by molar-refractivity contribution is 6.30. The number of halogens is 1. The van der Waals surface area contributed by atoms with Gasteiger partial charge in [0.1, 0.15) is 6.04 Å². The number of rotatable bonds is 7. The molecular formula is C15H18ClNO4. The Morgan fingerprint density at radius 2 is 1.71 bits per heavy atom.